The maximum atomic E-state index is 6.78. The molecule has 2 aromatic heterocycles. The van der Waals surface area contributed by atoms with Crippen LogP contribution in [-0.4, -0.2) is 73.9 Å². The van der Waals surface area contributed by atoms with Gasteiger partial charge in [-0.1, -0.05) is 48.5 Å². The summed E-state index contributed by atoms with van der Waals surface area (Å²) < 4.78 is 27.0. The van der Waals surface area contributed by atoms with Gasteiger partial charge in [0.2, 0.25) is 0 Å². The van der Waals surface area contributed by atoms with E-state index in [4.69, 9.17) is 53.9 Å². The van der Waals surface area contributed by atoms with Crippen LogP contribution in [-0.2, 0) is 19.5 Å². The van der Waals surface area contributed by atoms with Crippen LogP contribution in [0.3, 0.4) is 0 Å². The molecule has 10 aromatic rings. The van der Waals surface area contributed by atoms with Gasteiger partial charge in [-0.15, -0.1) is 0 Å². The van der Waals surface area contributed by atoms with Crippen molar-refractivity contribution in [1.29, 1.82) is 0 Å². The van der Waals surface area contributed by atoms with Gasteiger partial charge < -0.3 is 68.8 Å². The summed E-state index contributed by atoms with van der Waals surface area (Å²) in [5, 5.41) is 6.46. The first-order valence-electron chi connectivity index (χ1n) is 26.1. The second-order valence-electron chi connectivity index (χ2n) is 20.4. The molecule has 81 heavy (non-hydrogen) atoms. The quantitative estimate of drug-likeness (QED) is 0.116. The monoisotopic (exact) mass is 1120 g/mol. The van der Waals surface area contributed by atoms with Crippen LogP contribution in [0.2, 0.25) is 0 Å². The number of amidine groups is 3. The van der Waals surface area contributed by atoms with Gasteiger partial charge in [-0.2, -0.15) is 0 Å². The molecule has 1 N–H and O–H groups in total. The number of aliphatic imine (C=N–C) groups is 3. The smallest absolute Gasteiger partial charge is 0.457 e. The fourth-order valence-electron chi connectivity index (χ4n) is 10.0. The van der Waals surface area contributed by atoms with Crippen molar-refractivity contribution in [3.05, 3.63) is 203 Å². The Balaban J connectivity index is 0.00000651. The van der Waals surface area contributed by atoms with Crippen molar-refractivity contribution in [3.63, 3.8) is 0 Å². The average molecular weight is 1120 g/mol. The third-order valence-corrected chi connectivity index (χ3v) is 14.2. The molecule has 8 aromatic carbocycles. The zero-order chi connectivity index (χ0) is 54.8. The van der Waals surface area contributed by atoms with Gasteiger partial charge in [-0.05, 0) is 132 Å². The molecule has 0 radical (unpaired) electrons. The summed E-state index contributed by atoms with van der Waals surface area (Å²) in [4.78, 5) is 45.5. The van der Waals surface area contributed by atoms with Gasteiger partial charge >= 0.3 is 19.5 Å². The minimum Gasteiger partial charge on any atom is -0.457 e. The summed E-state index contributed by atoms with van der Waals surface area (Å²) in [6.07, 6.45) is -0.754. The maximum Gasteiger partial charge on any atom is 2.00 e. The normalized spacial score (nSPS) is 14.4. The number of rotatable bonds is 12. The van der Waals surface area contributed by atoms with Crippen LogP contribution in [0.15, 0.2) is 195 Å². The molecule has 1 atom stereocenters. The number of hydrogen-bond donors (Lipinski definition) is 1. The van der Waals surface area contributed by atoms with Crippen LogP contribution in [0.4, 0.5) is 34.4 Å². The number of hydrogen-bond acceptors (Lipinski definition) is 14. The molecule has 0 saturated carbocycles. The van der Waals surface area contributed by atoms with Crippen LogP contribution in [0.25, 0.3) is 21.5 Å². The summed E-state index contributed by atoms with van der Waals surface area (Å²) in [6.45, 7) is 0. The Morgan fingerprint density at radius 1 is 0.395 bits per heavy atom. The number of benzene rings is 8. The predicted octanol–water partition coefficient (Wildman–Crippen LogP) is 12.0. The summed E-state index contributed by atoms with van der Waals surface area (Å²) in [6, 6.07) is 55.1. The minimum atomic E-state index is -0.754. The van der Waals surface area contributed by atoms with E-state index in [1.807, 2.05) is 246 Å². The van der Waals surface area contributed by atoms with E-state index in [0.29, 0.717) is 113 Å². The molecule has 0 saturated heterocycles. The Morgan fingerprint density at radius 3 is 1.38 bits per heavy atom. The molecule has 396 valence electrons. The molecule has 5 heterocycles. The fraction of sp³-hybridized carbons (Fsp3) is 0.141. The van der Waals surface area contributed by atoms with Crippen molar-refractivity contribution >= 4 is 73.4 Å². The van der Waals surface area contributed by atoms with Crippen molar-refractivity contribution in [3.8, 4) is 46.0 Å². The second kappa shape index (κ2) is 21.1. The Hall–Kier alpha value is -9.73. The molecular formula is C64H54N12O4Zn. The topological polar surface area (TPSA) is 152 Å². The first-order chi connectivity index (χ1) is 38.9. The number of nitrogens with zero attached hydrogens (tertiary/aromatic N) is 11. The van der Waals surface area contributed by atoms with E-state index in [9.17, 15) is 0 Å². The SMILES string of the molecule is CN(C)c1ccc(Oc2cccc3c2C2=N/C3=N\c3[n-]c(c4cccc(Oc5ccc(N(C)C)cc5)c34)NC3N=C(N=c4[n-]c(c5cccc(Oc6ccc(N(C)C)cc6)c45)=N2)c2cccc(Oc4ccc(N(C)C)cc4)c23)cc1.[Zn+2]. The molecule has 3 aliphatic rings. The van der Waals surface area contributed by atoms with Gasteiger partial charge in [0, 0.05) is 129 Å². The van der Waals surface area contributed by atoms with Gasteiger partial charge in [-0.25, -0.2) is 4.99 Å². The molecule has 1 unspecified atom stereocenters. The van der Waals surface area contributed by atoms with Crippen LogP contribution >= 0.6 is 0 Å². The van der Waals surface area contributed by atoms with Crippen molar-refractivity contribution in [2.24, 2.45) is 25.0 Å². The number of fused-ring (bicyclic) bond motifs is 18. The van der Waals surface area contributed by atoms with Gasteiger partial charge in [0.1, 0.15) is 52.2 Å². The van der Waals surface area contributed by atoms with E-state index in [1.54, 1.807) is 0 Å². The zero-order valence-electron chi connectivity index (χ0n) is 46.0. The van der Waals surface area contributed by atoms with Gasteiger partial charge in [0.25, 0.3) is 0 Å². The zero-order valence-corrected chi connectivity index (χ0v) is 49.0. The minimum absolute atomic E-state index is 0. The van der Waals surface area contributed by atoms with E-state index in [-0.39, 0.29) is 19.5 Å². The van der Waals surface area contributed by atoms with Crippen molar-refractivity contribution in [2.75, 3.05) is 81.3 Å². The van der Waals surface area contributed by atoms with Crippen molar-refractivity contribution in [1.82, 2.24) is 9.97 Å². The van der Waals surface area contributed by atoms with E-state index >= 15 is 0 Å². The standard InChI is InChI=1S/C64H54N12O4.Zn/c1-73(2)37-21-29-41(30-22-37)77-49-17-9-13-45-53(49)61-65-57(45)70-62-55-47(15-11-19-51(55)79-43-33-25-39(26-34-43)75(5)6)59(67-62)72-64-56-48(16-12-20-52(56)80-44-35-27-40(28-36-44)76(7)8)60(68-64)71-63-54-46(58(66-63)69-61)14-10-18-50(54)78-42-31-23-38(24-32-42)74(3)4;/h9-36,61,69H,1-8H3;/q-2;+2. The molecule has 3 aliphatic heterocycles. The second-order valence-corrected chi connectivity index (χ2v) is 20.4. The van der Waals surface area contributed by atoms with Gasteiger partial charge in [0.15, 0.2) is 0 Å². The fourth-order valence-corrected chi connectivity index (χ4v) is 10.0. The van der Waals surface area contributed by atoms with Crippen LogP contribution in [0, 0.1) is 0 Å². The predicted molar refractivity (Wildman–Crippen MR) is 319 cm³/mol. The molecular weight excluding hydrogens is 1070 g/mol. The summed E-state index contributed by atoms with van der Waals surface area (Å²) in [5.74, 6) is 6.75. The number of nitrogens with one attached hydrogen (secondary N) is 1. The average Bonchev–Trinajstić information content (AvgIpc) is 4.21. The summed E-state index contributed by atoms with van der Waals surface area (Å²) in [5.41, 5.74) is 7.67. The van der Waals surface area contributed by atoms with Gasteiger partial charge in [0.05, 0.1) is 23.1 Å². The summed E-state index contributed by atoms with van der Waals surface area (Å²) in [7, 11) is 16.0. The number of anilines is 5. The number of aromatic nitrogens is 2. The molecule has 0 aliphatic carbocycles. The Morgan fingerprint density at radius 2 is 0.840 bits per heavy atom. The maximum absolute atomic E-state index is 6.78. The molecule has 8 bridgehead atoms. The van der Waals surface area contributed by atoms with Crippen LogP contribution in [0.1, 0.15) is 28.4 Å². The van der Waals surface area contributed by atoms with Crippen molar-refractivity contribution in [2.45, 2.75) is 6.17 Å². The Labute approximate surface area is 480 Å². The Bertz CT molecular complexity index is 4280. The summed E-state index contributed by atoms with van der Waals surface area (Å²) >= 11 is 0. The van der Waals surface area contributed by atoms with Gasteiger partial charge in [-0.3, -0.25) is 4.99 Å². The molecule has 17 heteroatoms. The van der Waals surface area contributed by atoms with Crippen LogP contribution in [0.5, 0.6) is 46.0 Å². The van der Waals surface area contributed by atoms with Crippen molar-refractivity contribution < 1.29 is 38.4 Å². The molecule has 13 rings (SSSR count). The van der Waals surface area contributed by atoms with E-state index in [1.165, 1.54) is 0 Å². The molecule has 0 amide bonds. The van der Waals surface area contributed by atoms with E-state index in [0.717, 1.165) is 39.3 Å². The van der Waals surface area contributed by atoms with Crippen LogP contribution < -0.4 is 64.8 Å². The number of ether oxygens (including phenoxy) is 4. The largest absolute Gasteiger partial charge is 2.00 e. The third kappa shape index (κ3) is 9.86. The Kier molecular flexibility index (Phi) is 13.6. The molecule has 16 nitrogen and oxygen atoms in total. The third-order valence-electron chi connectivity index (χ3n) is 14.2. The van der Waals surface area contributed by atoms with E-state index in [2.05, 4.69) is 5.32 Å². The van der Waals surface area contributed by atoms with E-state index < -0.39 is 6.17 Å². The first kappa shape index (κ1) is 52.0. The first-order valence-corrected chi connectivity index (χ1v) is 26.1. The molecule has 0 fully saturated rings. The molecule has 0 spiro atoms.